The topological polar surface area (TPSA) is 50.5 Å². The number of quaternary nitrogens is 2. The van der Waals surface area contributed by atoms with Gasteiger partial charge in [-0.25, -0.2) is 0 Å². The molecule has 17 heavy (non-hydrogen) atoms. The maximum Gasteiger partial charge on any atom is 0.137 e. The lowest BCUT2D eigenvalue weighted by atomic mass is 10.3. The maximum absolute atomic E-state index is 9.91. The van der Waals surface area contributed by atoms with E-state index in [1.165, 1.54) is 18.0 Å². The summed E-state index contributed by atoms with van der Waals surface area (Å²) in [5.41, 5.74) is 0. The van der Waals surface area contributed by atoms with Crippen LogP contribution < -0.4 is 15.0 Å². The van der Waals surface area contributed by atoms with E-state index >= 15 is 0 Å². The number of piperazine rings is 1. The van der Waals surface area contributed by atoms with Gasteiger partial charge < -0.3 is 20.1 Å². The number of aliphatic hydroxyl groups excluding tert-OH is 1. The molecular weight excluding hydrogens is 216 g/mol. The van der Waals surface area contributed by atoms with Gasteiger partial charge >= 0.3 is 0 Å². The molecule has 1 heterocycles. The largest absolute Gasteiger partial charge is 0.491 e. The van der Waals surface area contributed by atoms with Crippen LogP contribution in [0.1, 0.15) is 0 Å². The molecule has 0 bridgehead atoms. The van der Waals surface area contributed by atoms with E-state index in [0.717, 1.165) is 25.4 Å². The lowest BCUT2D eigenvalue weighted by molar-refractivity contribution is -0.949. The molecule has 0 amide bonds. The Labute approximate surface area is 102 Å². The Balaban J connectivity index is 1.68. The summed E-state index contributed by atoms with van der Waals surface area (Å²) in [6.07, 6.45) is -0.372. The van der Waals surface area contributed by atoms with Crippen LogP contribution in [0.25, 0.3) is 0 Å². The molecule has 0 saturated carbocycles. The first-order valence-corrected chi connectivity index (χ1v) is 6.36. The van der Waals surface area contributed by atoms with Crippen molar-refractivity contribution in [2.75, 3.05) is 39.3 Å². The minimum absolute atomic E-state index is 0.372. The predicted molar refractivity (Wildman–Crippen MR) is 65.2 cm³/mol. The average Bonchev–Trinajstić information content (AvgIpc) is 2.39. The van der Waals surface area contributed by atoms with Crippen LogP contribution in [-0.2, 0) is 0 Å². The summed E-state index contributed by atoms with van der Waals surface area (Å²) in [6, 6.07) is 9.66. The highest BCUT2D eigenvalue weighted by Crippen LogP contribution is 2.08. The second-order valence-corrected chi connectivity index (χ2v) is 4.60. The van der Waals surface area contributed by atoms with Crippen molar-refractivity contribution in [3.8, 4) is 5.75 Å². The number of hydrogen-bond acceptors (Lipinski definition) is 2. The van der Waals surface area contributed by atoms with Crippen molar-refractivity contribution >= 4 is 0 Å². The van der Waals surface area contributed by atoms with Gasteiger partial charge in [0.2, 0.25) is 0 Å². The molecule has 1 fully saturated rings. The molecule has 4 heteroatoms. The summed E-state index contributed by atoms with van der Waals surface area (Å²) >= 11 is 0. The van der Waals surface area contributed by atoms with Crippen molar-refractivity contribution in [2.45, 2.75) is 6.10 Å². The SMILES string of the molecule is O[C@@H](COc1ccccc1)C[NH+]1CC[NH2+]CC1. The van der Waals surface area contributed by atoms with Crippen LogP contribution in [0.3, 0.4) is 0 Å². The fourth-order valence-electron chi connectivity index (χ4n) is 2.19. The Kier molecular flexibility index (Phi) is 4.79. The first kappa shape index (κ1) is 12.4. The van der Waals surface area contributed by atoms with Crippen molar-refractivity contribution in [1.82, 2.24) is 0 Å². The number of hydrogen-bond donors (Lipinski definition) is 3. The van der Waals surface area contributed by atoms with Crippen LogP contribution >= 0.6 is 0 Å². The molecule has 1 saturated heterocycles. The van der Waals surface area contributed by atoms with E-state index < -0.39 is 0 Å². The van der Waals surface area contributed by atoms with E-state index in [4.69, 9.17) is 4.74 Å². The number of nitrogens with two attached hydrogens (primary N) is 1. The second-order valence-electron chi connectivity index (χ2n) is 4.60. The molecule has 0 radical (unpaired) electrons. The molecule has 1 aromatic rings. The van der Waals surface area contributed by atoms with Crippen molar-refractivity contribution in [2.24, 2.45) is 0 Å². The number of para-hydroxylation sites is 1. The molecule has 0 aromatic heterocycles. The van der Waals surface area contributed by atoms with E-state index in [1.807, 2.05) is 30.3 Å². The summed E-state index contributed by atoms with van der Waals surface area (Å²) in [7, 11) is 0. The number of benzene rings is 1. The highest BCUT2D eigenvalue weighted by molar-refractivity contribution is 5.20. The highest BCUT2D eigenvalue weighted by Gasteiger charge is 2.19. The van der Waals surface area contributed by atoms with Gasteiger partial charge in [0, 0.05) is 0 Å². The third-order valence-corrected chi connectivity index (χ3v) is 3.11. The predicted octanol–water partition coefficient (Wildman–Crippen LogP) is -2.11. The molecular formula is C13H22N2O2+2. The summed E-state index contributed by atoms with van der Waals surface area (Å²) in [5, 5.41) is 12.2. The minimum atomic E-state index is -0.372. The third kappa shape index (κ3) is 4.34. The van der Waals surface area contributed by atoms with Gasteiger partial charge in [-0.15, -0.1) is 0 Å². The van der Waals surface area contributed by atoms with Gasteiger partial charge in [-0.05, 0) is 12.1 Å². The van der Waals surface area contributed by atoms with Gasteiger partial charge in [-0.3, -0.25) is 0 Å². The molecule has 1 aliphatic heterocycles. The van der Waals surface area contributed by atoms with Crippen LogP contribution in [0, 0.1) is 0 Å². The van der Waals surface area contributed by atoms with Crippen LogP contribution in [0.5, 0.6) is 5.75 Å². The zero-order chi connectivity index (χ0) is 11.9. The number of aliphatic hydroxyl groups is 1. The van der Waals surface area contributed by atoms with E-state index in [-0.39, 0.29) is 6.10 Å². The summed E-state index contributed by atoms with van der Waals surface area (Å²) < 4.78 is 5.54. The van der Waals surface area contributed by atoms with Gasteiger partial charge in [0.1, 0.15) is 51.2 Å². The summed E-state index contributed by atoms with van der Waals surface area (Å²) in [4.78, 5) is 1.48. The number of ether oxygens (including phenoxy) is 1. The van der Waals surface area contributed by atoms with E-state index in [9.17, 15) is 5.11 Å². The molecule has 4 nitrogen and oxygen atoms in total. The maximum atomic E-state index is 9.91. The Bertz CT molecular complexity index is 312. The molecule has 0 unspecified atom stereocenters. The average molecular weight is 238 g/mol. The molecule has 1 aromatic carbocycles. The Hall–Kier alpha value is -1.10. The van der Waals surface area contributed by atoms with Crippen LogP contribution in [0.4, 0.5) is 0 Å². The Morgan fingerprint density at radius 3 is 2.65 bits per heavy atom. The fourth-order valence-corrected chi connectivity index (χ4v) is 2.19. The molecule has 94 valence electrons. The van der Waals surface area contributed by atoms with Crippen LogP contribution in [0.15, 0.2) is 30.3 Å². The molecule has 1 aliphatic rings. The van der Waals surface area contributed by atoms with E-state index in [1.54, 1.807) is 0 Å². The lowest BCUT2D eigenvalue weighted by Gasteiger charge is -2.24. The van der Waals surface area contributed by atoms with Crippen molar-refractivity contribution in [1.29, 1.82) is 0 Å². The first-order chi connectivity index (χ1) is 8.34. The summed E-state index contributed by atoms with van der Waals surface area (Å²) in [5.74, 6) is 0.827. The van der Waals surface area contributed by atoms with Gasteiger partial charge in [0.15, 0.2) is 0 Å². The number of rotatable bonds is 5. The van der Waals surface area contributed by atoms with E-state index in [0.29, 0.717) is 6.61 Å². The van der Waals surface area contributed by atoms with Gasteiger partial charge in [0.25, 0.3) is 0 Å². The quantitative estimate of drug-likeness (QED) is 0.550. The van der Waals surface area contributed by atoms with Crippen LogP contribution in [0.2, 0.25) is 0 Å². The van der Waals surface area contributed by atoms with Gasteiger partial charge in [-0.2, -0.15) is 0 Å². The van der Waals surface area contributed by atoms with Crippen molar-refractivity contribution in [3.63, 3.8) is 0 Å². The third-order valence-electron chi connectivity index (χ3n) is 3.11. The van der Waals surface area contributed by atoms with Crippen LogP contribution in [-0.4, -0.2) is 50.5 Å². The lowest BCUT2D eigenvalue weighted by Crippen LogP contribution is -3.21. The zero-order valence-electron chi connectivity index (χ0n) is 10.1. The van der Waals surface area contributed by atoms with Crippen molar-refractivity contribution < 1.29 is 20.1 Å². The summed E-state index contributed by atoms with van der Waals surface area (Å²) in [6.45, 7) is 5.80. The minimum Gasteiger partial charge on any atom is -0.491 e. The second kappa shape index (κ2) is 6.59. The normalized spacial score (nSPS) is 18.9. The molecule has 0 spiro atoms. The molecule has 1 atom stereocenters. The molecule has 0 aliphatic carbocycles. The number of nitrogens with one attached hydrogen (secondary N) is 1. The smallest absolute Gasteiger partial charge is 0.137 e. The monoisotopic (exact) mass is 238 g/mol. The first-order valence-electron chi connectivity index (χ1n) is 6.36. The molecule has 4 N–H and O–H groups in total. The van der Waals surface area contributed by atoms with E-state index in [2.05, 4.69) is 5.32 Å². The zero-order valence-corrected chi connectivity index (χ0v) is 10.1. The fraction of sp³-hybridized carbons (Fsp3) is 0.538. The van der Waals surface area contributed by atoms with Gasteiger partial charge in [-0.1, -0.05) is 18.2 Å². The Morgan fingerprint density at radius 2 is 1.94 bits per heavy atom. The van der Waals surface area contributed by atoms with Gasteiger partial charge in [0.05, 0.1) is 0 Å². The standard InChI is InChI=1S/C13H20N2O2/c16-12(10-15-8-6-14-7-9-15)11-17-13-4-2-1-3-5-13/h1-5,12,14,16H,6-11H2/p+2/t12-/m1/s1. The Morgan fingerprint density at radius 1 is 1.24 bits per heavy atom. The highest BCUT2D eigenvalue weighted by atomic mass is 16.5. The van der Waals surface area contributed by atoms with Crippen molar-refractivity contribution in [3.05, 3.63) is 30.3 Å². The molecule has 2 rings (SSSR count).